The highest BCUT2D eigenvalue weighted by atomic mass is 32.1. The fourth-order valence-corrected chi connectivity index (χ4v) is 2.54. The van der Waals surface area contributed by atoms with Gasteiger partial charge in [0, 0.05) is 26.2 Å². The number of carbonyl (C=O) groups is 2. The molecule has 2 rings (SSSR count). The topological polar surface area (TPSA) is 75.9 Å². The van der Waals surface area contributed by atoms with E-state index in [1.807, 2.05) is 7.05 Å². The third-order valence-electron chi connectivity index (χ3n) is 3.06. The van der Waals surface area contributed by atoms with Gasteiger partial charge in [-0.05, 0) is 18.5 Å². The molecule has 1 aromatic heterocycles. The van der Waals surface area contributed by atoms with E-state index < -0.39 is 5.97 Å². The molecular formula is C12H17N3O3S. The summed E-state index contributed by atoms with van der Waals surface area (Å²) in [4.78, 5) is 27.8. The molecule has 1 aliphatic heterocycles. The summed E-state index contributed by atoms with van der Waals surface area (Å²) in [6.45, 7) is 2.82. The van der Waals surface area contributed by atoms with Gasteiger partial charge < -0.3 is 20.3 Å². The molecule has 0 saturated carbocycles. The summed E-state index contributed by atoms with van der Waals surface area (Å²) in [7, 11) is 2.02. The number of anilines is 1. The Labute approximate surface area is 115 Å². The van der Waals surface area contributed by atoms with Gasteiger partial charge in [0.2, 0.25) is 0 Å². The van der Waals surface area contributed by atoms with E-state index >= 15 is 0 Å². The average Bonchev–Trinajstić information content (AvgIpc) is 2.83. The highest BCUT2D eigenvalue weighted by molar-refractivity contribution is 7.12. The van der Waals surface area contributed by atoms with Crippen molar-refractivity contribution in [2.75, 3.05) is 45.6 Å². The number of hydrogen-bond acceptors (Lipinski definition) is 6. The minimum Gasteiger partial charge on any atom is -0.451 e. The molecule has 1 saturated heterocycles. The molecule has 1 fully saturated rings. The largest absolute Gasteiger partial charge is 0.451 e. The van der Waals surface area contributed by atoms with Crippen LogP contribution in [0.15, 0.2) is 11.4 Å². The van der Waals surface area contributed by atoms with E-state index in [0.717, 1.165) is 13.1 Å². The smallest absolute Gasteiger partial charge is 0.350 e. The van der Waals surface area contributed by atoms with E-state index in [9.17, 15) is 9.59 Å². The van der Waals surface area contributed by atoms with Gasteiger partial charge in [-0.1, -0.05) is 0 Å². The molecular weight excluding hydrogens is 266 g/mol. The summed E-state index contributed by atoms with van der Waals surface area (Å²) in [5.74, 6) is -0.688. The van der Waals surface area contributed by atoms with Gasteiger partial charge in [0.15, 0.2) is 6.61 Å². The van der Waals surface area contributed by atoms with E-state index in [2.05, 4.69) is 4.90 Å². The third kappa shape index (κ3) is 3.45. The molecule has 0 aliphatic carbocycles. The van der Waals surface area contributed by atoms with Crippen LogP contribution in [0.2, 0.25) is 0 Å². The Balaban J connectivity index is 1.81. The fourth-order valence-electron chi connectivity index (χ4n) is 1.83. The van der Waals surface area contributed by atoms with Gasteiger partial charge in [0.1, 0.15) is 4.88 Å². The molecule has 0 bridgehead atoms. The Morgan fingerprint density at radius 1 is 1.37 bits per heavy atom. The van der Waals surface area contributed by atoms with Crippen molar-refractivity contribution in [1.82, 2.24) is 9.80 Å². The molecule has 1 amide bonds. The van der Waals surface area contributed by atoms with Crippen LogP contribution in [0, 0.1) is 0 Å². The van der Waals surface area contributed by atoms with Crippen molar-refractivity contribution in [2.45, 2.75) is 0 Å². The Kier molecular flexibility index (Phi) is 4.39. The van der Waals surface area contributed by atoms with Crippen LogP contribution in [0.4, 0.5) is 5.69 Å². The Morgan fingerprint density at radius 3 is 2.63 bits per heavy atom. The molecule has 0 radical (unpaired) electrons. The number of carbonyl (C=O) groups excluding carboxylic acids is 2. The van der Waals surface area contributed by atoms with Gasteiger partial charge in [-0.3, -0.25) is 4.79 Å². The quantitative estimate of drug-likeness (QED) is 0.805. The lowest BCUT2D eigenvalue weighted by Gasteiger charge is -2.32. The van der Waals surface area contributed by atoms with Crippen LogP contribution in [-0.2, 0) is 9.53 Å². The van der Waals surface area contributed by atoms with Crippen molar-refractivity contribution < 1.29 is 14.3 Å². The second-order valence-electron chi connectivity index (χ2n) is 4.47. The minimum absolute atomic E-state index is 0.156. The van der Waals surface area contributed by atoms with Gasteiger partial charge in [-0.15, -0.1) is 11.3 Å². The maximum atomic E-state index is 11.9. The molecule has 0 atom stereocenters. The van der Waals surface area contributed by atoms with Crippen molar-refractivity contribution in [2.24, 2.45) is 0 Å². The number of thiophene rings is 1. The van der Waals surface area contributed by atoms with Gasteiger partial charge in [-0.25, -0.2) is 4.79 Å². The number of nitrogen functional groups attached to an aromatic ring is 1. The van der Waals surface area contributed by atoms with Crippen LogP contribution in [0.1, 0.15) is 9.67 Å². The lowest BCUT2D eigenvalue weighted by Crippen LogP contribution is -2.48. The van der Waals surface area contributed by atoms with Crippen LogP contribution >= 0.6 is 11.3 Å². The molecule has 2 N–H and O–H groups in total. The molecule has 1 aliphatic rings. The number of rotatable bonds is 3. The zero-order valence-corrected chi connectivity index (χ0v) is 11.6. The number of amides is 1. The van der Waals surface area contributed by atoms with Crippen molar-refractivity contribution >= 4 is 28.9 Å². The van der Waals surface area contributed by atoms with Crippen molar-refractivity contribution in [3.8, 4) is 0 Å². The van der Waals surface area contributed by atoms with Crippen LogP contribution in [0.5, 0.6) is 0 Å². The number of nitrogens with two attached hydrogens (primary N) is 1. The first kappa shape index (κ1) is 13.8. The third-order valence-corrected chi connectivity index (χ3v) is 3.97. The van der Waals surface area contributed by atoms with E-state index in [1.165, 1.54) is 11.3 Å². The maximum Gasteiger partial charge on any atom is 0.350 e. The summed E-state index contributed by atoms with van der Waals surface area (Å²) in [5.41, 5.74) is 6.01. The van der Waals surface area contributed by atoms with Crippen LogP contribution in [0.25, 0.3) is 0 Å². The first-order valence-corrected chi connectivity index (χ1v) is 6.92. The average molecular weight is 283 g/mol. The molecule has 6 nitrogen and oxygen atoms in total. The molecule has 7 heteroatoms. The van der Waals surface area contributed by atoms with Gasteiger partial charge in [-0.2, -0.15) is 0 Å². The summed E-state index contributed by atoms with van der Waals surface area (Å²) < 4.78 is 5.00. The summed E-state index contributed by atoms with van der Waals surface area (Å²) in [5, 5.41) is 1.72. The molecule has 0 unspecified atom stereocenters. The van der Waals surface area contributed by atoms with E-state index in [4.69, 9.17) is 10.5 Å². The SMILES string of the molecule is CN1CCN(C(=O)COC(=O)c2sccc2N)CC1. The van der Waals surface area contributed by atoms with Crippen LogP contribution < -0.4 is 5.73 Å². The fraction of sp³-hybridized carbons (Fsp3) is 0.500. The first-order chi connectivity index (χ1) is 9.08. The zero-order valence-electron chi connectivity index (χ0n) is 10.8. The van der Waals surface area contributed by atoms with Crippen molar-refractivity contribution in [3.63, 3.8) is 0 Å². The van der Waals surface area contributed by atoms with Gasteiger partial charge in [0.25, 0.3) is 5.91 Å². The maximum absolute atomic E-state index is 11.9. The molecule has 104 valence electrons. The van der Waals surface area contributed by atoms with Gasteiger partial charge >= 0.3 is 5.97 Å². The van der Waals surface area contributed by atoms with E-state index in [1.54, 1.807) is 16.3 Å². The number of piperazine rings is 1. The number of hydrogen-bond donors (Lipinski definition) is 1. The number of nitrogens with zero attached hydrogens (tertiary/aromatic N) is 2. The van der Waals surface area contributed by atoms with Crippen LogP contribution in [0.3, 0.4) is 0 Å². The lowest BCUT2D eigenvalue weighted by atomic mass is 10.3. The van der Waals surface area contributed by atoms with Crippen LogP contribution in [-0.4, -0.2) is 61.5 Å². The second kappa shape index (κ2) is 6.03. The van der Waals surface area contributed by atoms with E-state index in [0.29, 0.717) is 23.7 Å². The highest BCUT2D eigenvalue weighted by Crippen LogP contribution is 2.19. The van der Waals surface area contributed by atoms with Gasteiger partial charge in [0.05, 0.1) is 5.69 Å². The Bertz CT molecular complexity index is 467. The summed E-state index contributed by atoms with van der Waals surface area (Å²) in [6.07, 6.45) is 0. The Morgan fingerprint density at radius 2 is 2.05 bits per heavy atom. The van der Waals surface area contributed by atoms with E-state index in [-0.39, 0.29) is 12.5 Å². The minimum atomic E-state index is -0.532. The Hall–Kier alpha value is -1.60. The monoisotopic (exact) mass is 283 g/mol. The second-order valence-corrected chi connectivity index (χ2v) is 5.38. The normalized spacial score (nSPS) is 16.4. The predicted molar refractivity (Wildman–Crippen MR) is 73.1 cm³/mol. The molecule has 0 spiro atoms. The number of likely N-dealkylation sites (N-methyl/N-ethyl adjacent to an activating group) is 1. The molecule has 19 heavy (non-hydrogen) atoms. The van der Waals surface area contributed by atoms with Crippen molar-refractivity contribution in [1.29, 1.82) is 0 Å². The molecule has 2 heterocycles. The summed E-state index contributed by atoms with van der Waals surface area (Å²) >= 11 is 1.21. The standard InChI is InChI=1S/C12H17N3O3S/c1-14-3-5-15(6-4-14)10(16)8-18-12(17)11-9(13)2-7-19-11/h2,7H,3-6,8,13H2,1H3. The molecule has 0 aromatic carbocycles. The summed E-state index contributed by atoms with van der Waals surface area (Å²) in [6, 6.07) is 1.64. The number of esters is 1. The lowest BCUT2D eigenvalue weighted by molar-refractivity contribution is -0.136. The zero-order chi connectivity index (χ0) is 13.8. The highest BCUT2D eigenvalue weighted by Gasteiger charge is 2.21. The number of ether oxygens (including phenoxy) is 1. The molecule has 1 aromatic rings. The van der Waals surface area contributed by atoms with Crippen molar-refractivity contribution in [3.05, 3.63) is 16.3 Å². The first-order valence-electron chi connectivity index (χ1n) is 6.04. The predicted octanol–water partition coefficient (Wildman–Crippen LogP) is 0.261.